The Morgan fingerprint density at radius 1 is 1.23 bits per heavy atom. The first-order chi connectivity index (χ1) is 6.07. The maximum absolute atomic E-state index is 5.79. The molecule has 2 fully saturated rings. The molecule has 2 saturated heterocycles. The van der Waals surface area contributed by atoms with Crippen molar-refractivity contribution in [2.24, 2.45) is 0 Å². The molecule has 0 aromatic carbocycles. The van der Waals surface area contributed by atoms with Crippen molar-refractivity contribution in [1.82, 2.24) is 0 Å². The van der Waals surface area contributed by atoms with Gasteiger partial charge in [0.25, 0.3) is 0 Å². The lowest BCUT2D eigenvalue weighted by atomic mass is 9.95. The molecule has 3 aliphatic rings. The molecule has 2 aliphatic heterocycles. The van der Waals surface area contributed by atoms with E-state index in [1.54, 1.807) is 0 Å². The quantitative estimate of drug-likeness (QED) is 0.417. The van der Waals surface area contributed by atoms with Crippen LogP contribution in [0.2, 0.25) is 0 Å². The minimum absolute atomic E-state index is 0.110. The molecule has 0 bridgehead atoms. The Morgan fingerprint density at radius 3 is 2.77 bits per heavy atom. The van der Waals surface area contributed by atoms with Gasteiger partial charge < -0.3 is 14.2 Å². The Balaban J connectivity index is 1.93. The van der Waals surface area contributed by atoms with Crippen molar-refractivity contribution in [2.45, 2.75) is 51.0 Å². The summed E-state index contributed by atoms with van der Waals surface area (Å²) in [5.74, 6) is -0.453. The molecule has 72 valence electrons. The van der Waals surface area contributed by atoms with Gasteiger partial charge in [-0.05, 0) is 26.3 Å². The molecular formula is C10H14O3. The lowest BCUT2D eigenvalue weighted by molar-refractivity contribution is -0.145. The van der Waals surface area contributed by atoms with Crippen molar-refractivity contribution in [3.8, 4) is 0 Å². The van der Waals surface area contributed by atoms with E-state index in [0.717, 1.165) is 0 Å². The highest BCUT2D eigenvalue weighted by Crippen LogP contribution is 2.45. The highest BCUT2D eigenvalue weighted by molar-refractivity contribution is 5.25. The molecule has 0 aromatic rings. The van der Waals surface area contributed by atoms with Crippen molar-refractivity contribution in [1.29, 1.82) is 0 Å². The number of hydrogen-bond donors (Lipinski definition) is 0. The van der Waals surface area contributed by atoms with E-state index in [2.05, 4.69) is 13.0 Å². The summed E-state index contributed by atoms with van der Waals surface area (Å²) in [6.07, 6.45) is 2.91. The molecule has 0 saturated carbocycles. The van der Waals surface area contributed by atoms with Crippen molar-refractivity contribution in [2.75, 3.05) is 0 Å². The minimum Gasteiger partial charge on any atom is -0.362 e. The van der Waals surface area contributed by atoms with E-state index in [1.807, 2.05) is 13.8 Å². The Hall–Kier alpha value is -0.380. The summed E-state index contributed by atoms with van der Waals surface area (Å²) in [5.41, 5.74) is 1.24. The van der Waals surface area contributed by atoms with Gasteiger partial charge in [-0.15, -0.1) is 0 Å². The summed E-state index contributed by atoms with van der Waals surface area (Å²) in [6, 6.07) is 0. The third-order valence-electron chi connectivity index (χ3n) is 2.89. The van der Waals surface area contributed by atoms with Crippen molar-refractivity contribution in [3.63, 3.8) is 0 Å². The zero-order valence-corrected chi connectivity index (χ0v) is 8.11. The fourth-order valence-electron chi connectivity index (χ4n) is 2.27. The maximum atomic E-state index is 5.79. The molecule has 0 amide bonds. The van der Waals surface area contributed by atoms with Crippen LogP contribution in [-0.4, -0.2) is 30.2 Å². The average Bonchev–Trinajstić information content (AvgIpc) is 2.68. The van der Waals surface area contributed by atoms with Crippen molar-refractivity contribution in [3.05, 3.63) is 11.6 Å². The summed E-state index contributed by atoms with van der Waals surface area (Å²) in [6.45, 7) is 5.99. The van der Waals surface area contributed by atoms with E-state index in [9.17, 15) is 0 Å². The molecule has 0 aromatic heterocycles. The molecule has 1 aliphatic carbocycles. The SMILES string of the molecule is CC1=C[C@@H]2O[C@@H]2[C@@H]2OC(C)(C)O[C@H]12. The van der Waals surface area contributed by atoms with Gasteiger partial charge >= 0.3 is 0 Å². The fraction of sp³-hybridized carbons (Fsp3) is 0.800. The van der Waals surface area contributed by atoms with Crippen LogP contribution in [0.15, 0.2) is 11.6 Å². The Morgan fingerprint density at radius 2 is 2.00 bits per heavy atom. The molecule has 2 heterocycles. The molecule has 3 rings (SSSR count). The lowest BCUT2D eigenvalue weighted by Gasteiger charge is -2.18. The highest BCUT2D eigenvalue weighted by Gasteiger charge is 2.57. The van der Waals surface area contributed by atoms with Crippen LogP contribution in [0.1, 0.15) is 20.8 Å². The monoisotopic (exact) mass is 182 g/mol. The predicted octanol–water partition coefficient (Wildman–Crippen LogP) is 1.23. The number of epoxide rings is 1. The van der Waals surface area contributed by atoms with E-state index >= 15 is 0 Å². The van der Waals surface area contributed by atoms with Gasteiger partial charge in [0.2, 0.25) is 0 Å². The first-order valence-electron chi connectivity index (χ1n) is 4.76. The van der Waals surface area contributed by atoms with Crippen LogP contribution < -0.4 is 0 Å². The zero-order chi connectivity index (χ0) is 9.22. The molecule has 0 radical (unpaired) electrons. The van der Waals surface area contributed by atoms with Gasteiger partial charge in [0.1, 0.15) is 24.4 Å². The van der Waals surface area contributed by atoms with Gasteiger partial charge in [-0.1, -0.05) is 6.08 Å². The minimum atomic E-state index is -0.453. The van der Waals surface area contributed by atoms with Crippen LogP contribution in [0, 0.1) is 0 Å². The van der Waals surface area contributed by atoms with Crippen LogP contribution in [0.4, 0.5) is 0 Å². The van der Waals surface area contributed by atoms with Gasteiger partial charge in [-0.2, -0.15) is 0 Å². The van der Waals surface area contributed by atoms with Crippen molar-refractivity contribution >= 4 is 0 Å². The highest BCUT2D eigenvalue weighted by atomic mass is 16.8. The molecule has 0 N–H and O–H groups in total. The van der Waals surface area contributed by atoms with Gasteiger partial charge in [0.05, 0.1) is 0 Å². The largest absolute Gasteiger partial charge is 0.362 e. The summed E-state index contributed by atoms with van der Waals surface area (Å²) in [7, 11) is 0. The van der Waals surface area contributed by atoms with Gasteiger partial charge in [-0.25, -0.2) is 0 Å². The molecule has 0 spiro atoms. The smallest absolute Gasteiger partial charge is 0.164 e. The van der Waals surface area contributed by atoms with Crippen LogP contribution in [-0.2, 0) is 14.2 Å². The Bertz CT molecular complexity index is 282. The first-order valence-corrected chi connectivity index (χ1v) is 4.76. The van der Waals surface area contributed by atoms with Gasteiger partial charge in [-0.3, -0.25) is 0 Å². The Labute approximate surface area is 77.7 Å². The number of rotatable bonds is 0. The lowest BCUT2D eigenvalue weighted by Crippen LogP contribution is -2.33. The second-order valence-electron chi connectivity index (χ2n) is 4.50. The Kier molecular flexibility index (Phi) is 1.33. The second kappa shape index (κ2) is 2.16. The zero-order valence-electron chi connectivity index (χ0n) is 8.11. The molecule has 3 heteroatoms. The normalized spacial score (nSPS) is 50.8. The average molecular weight is 182 g/mol. The van der Waals surface area contributed by atoms with Crippen LogP contribution in [0.5, 0.6) is 0 Å². The summed E-state index contributed by atoms with van der Waals surface area (Å²) in [5, 5.41) is 0. The van der Waals surface area contributed by atoms with Gasteiger partial charge in [0, 0.05) is 0 Å². The van der Waals surface area contributed by atoms with E-state index in [-0.39, 0.29) is 18.3 Å². The summed E-state index contributed by atoms with van der Waals surface area (Å²) >= 11 is 0. The fourth-order valence-corrected chi connectivity index (χ4v) is 2.27. The number of hydrogen-bond acceptors (Lipinski definition) is 3. The first kappa shape index (κ1) is 7.97. The summed E-state index contributed by atoms with van der Waals surface area (Å²) < 4.78 is 17.1. The number of fused-ring (bicyclic) bond motifs is 3. The number of ether oxygens (including phenoxy) is 3. The molecule has 3 nitrogen and oxygen atoms in total. The van der Waals surface area contributed by atoms with Crippen LogP contribution in [0.3, 0.4) is 0 Å². The standard InChI is InChI=1S/C10H14O3/c1-5-4-6-8(11-6)9-7(5)12-10(2,3)13-9/h4,6-9H,1-3H3/t6-,7+,8-,9+/m0/s1. The molecule has 0 unspecified atom stereocenters. The van der Waals surface area contributed by atoms with E-state index in [4.69, 9.17) is 14.2 Å². The van der Waals surface area contributed by atoms with Crippen LogP contribution in [0.25, 0.3) is 0 Å². The molecule has 4 atom stereocenters. The van der Waals surface area contributed by atoms with E-state index in [0.29, 0.717) is 6.10 Å². The second-order valence-corrected chi connectivity index (χ2v) is 4.50. The maximum Gasteiger partial charge on any atom is 0.164 e. The third kappa shape index (κ3) is 1.08. The predicted molar refractivity (Wildman–Crippen MR) is 46.2 cm³/mol. The van der Waals surface area contributed by atoms with E-state index < -0.39 is 5.79 Å². The molecule has 13 heavy (non-hydrogen) atoms. The molecular weight excluding hydrogens is 168 g/mol. The summed E-state index contributed by atoms with van der Waals surface area (Å²) in [4.78, 5) is 0. The van der Waals surface area contributed by atoms with Crippen LogP contribution >= 0.6 is 0 Å². The topological polar surface area (TPSA) is 31.0 Å². The van der Waals surface area contributed by atoms with Gasteiger partial charge in [0.15, 0.2) is 5.79 Å². The van der Waals surface area contributed by atoms with E-state index in [1.165, 1.54) is 5.57 Å². The third-order valence-corrected chi connectivity index (χ3v) is 2.89. The van der Waals surface area contributed by atoms with Crippen molar-refractivity contribution < 1.29 is 14.2 Å².